The van der Waals surface area contributed by atoms with Crippen molar-refractivity contribution in [1.82, 2.24) is 20.1 Å². The first-order valence-electron chi connectivity index (χ1n) is 8.09. The molecule has 3 rings (SSSR count). The van der Waals surface area contributed by atoms with Gasteiger partial charge >= 0.3 is 0 Å². The number of pyridine rings is 1. The molecule has 2 amide bonds. The summed E-state index contributed by atoms with van der Waals surface area (Å²) < 4.78 is 5.87. The highest BCUT2D eigenvalue weighted by molar-refractivity contribution is 9.10. The van der Waals surface area contributed by atoms with Crippen molar-refractivity contribution >= 4 is 27.7 Å². The molecule has 7 nitrogen and oxygen atoms in total. The molecule has 2 aromatic heterocycles. The van der Waals surface area contributed by atoms with Gasteiger partial charge in [-0.3, -0.25) is 19.5 Å². The van der Waals surface area contributed by atoms with Crippen LogP contribution >= 0.6 is 15.9 Å². The van der Waals surface area contributed by atoms with Crippen LogP contribution in [0.4, 0.5) is 0 Å². The Labute approximate surface area is 154 Å². The Morgan fingerprint density at radius 3 is 2.60 bits per heavy atom. The third-order valence-corrected chi connectivity index (χ3v) is 4.48. The number of halogens is 1. The number of nitrogens with one attached hydrogen (secondary N) is 1. The zero-order valence-corrected chi connectivity index (χ0v) is 15.2. The summed E-state index contributed by atoms with van der Waals surface area (Å²) in [4.78, 5) is 32.3. The van der Waals surface area contributed by atoms with E-state index in [9.17, 15) is 9.59 Å². The molecule has 25 heavy (non-hydrogen) atoms. The van der Waals surface area contributed by atoms with Crippen LogP contribution in [0.2, 0.25) is 0 Å². The molecule has 0 aromatic carbocycles. The molecule has 1 N–H and O–H groups in total. The molecule has 1 saturated heterocycles. The Hall–Kier alpha value is -2.19. The zero-order valence-electron chi connectivity index (χ0n) is 13.7. The van der Waals surface area contributed by atoms with Gasteiger partial charge in [-0.05, 0) is 40.2 Å². The van der Waals surface area contributed by atoms with Gasteiger partial charge in [0.15, 0.2) is 10.4 Å². The predicted octanol–water partition coefficient (Wildman–Crippen LogP) is 1.62. The molecule has 1 fully saturated rings. The second-order valence-electron chi connectivity index (χ2n) is 5.71. The maximum Gasteiger partial charge on any atom is 0.289 e. The highest BCUT2D eigenvalue weighted by atomic mass is 79.9. The van der Waals surface area contributed by atoms with Gasteiger partial charge in [-0.2, -0.15) is 0 Å². The summed E-state index contributed by atoms with van der Waals surface area (Å²) in [5, 5.41) is 2.86. The smallest absolute Gasteiger partial charge is 0.289 e. The second kappa shape index (κ2) is 8.26. The van der Waals surface area contributed by atoms with Crippen LogP contribution in [0, 0.1) is 0 Å². The molecule has 0 bridgehead atoms. The van der Waals surface area contributed by atoms with E-state index in [4.69, 9.17) is 4.42 Å². The van der Waals surface area contributed by atoms with Gasteiger partial charge in [0.1, 0.15) is 5.69 Å². The first-order valence-corrected chi connectivity index (χ1v) is 8.89. The molecular formula is C17H19BrN4O3. The Morgan fingerprint density at radius 2 is 1.96 bits per heavy atom. The van der Waals surface area contributed by atoms with Gasteiger partial charge in [-0.1, -0.05) is 6.07 Å². The molecule has 0 unspecified atom stereocenters. The van der Waals surface area contributed by atoms with Gasteiger partial charge in [0, 0.05) is 45.5 Å². The maximum absolute atomic E-state index is 12.3. The van der Waals surface area contributed by atoms with E-state index in [1.54, 1.807) is 41.4 Å². The third-order valence-electron chi connectivity index (χ3n) is 4.05. The van der Waals surface area contributed by atoms with E-state index < -0.39 is 0 Å². The highest BCUT2D eigenvalue weighted by Gasteiger charge is 2.24. The lowest BCUT2D eigenvalue weighted by Crippen LogP contribution is -2.50. The molecule has 1 aliphatic heterocycles. The minimum atomic E-state index is -0.169. The van der Waals surface area contributed by atoms with E-state index in [-0.39, 0.29) is 11.8 Å². The van der Waals surface area contributed by atoms with Crippen molar-refractivity contribution in [2.75, 3.05) is 39.3 Å². The topological polar surface area (TPSA) is 78.7 Å². The van der Waals surface area contributed by atoms with Crippen LogP contribution in [0.1, 0.15) is 21.0 Å². The summed E-state index contributed by atoms with van der Waals surface area (Å²) >= 11 is 3.21. The average molecular weight is 407 g/mol. The minimum Gasteiger partial charge on any atom is -0.444 e. The molecule has 0 radical (unpaired) electrons. The molecular weight excluding hydrogens is 388 g/mol. The van der Waals surface area contributed by atoms with Crippen molar-refractivity contribution in [1.29, 1.82) is 0 Å². The minimum absolute atomic E-state index is 0.0891. The van der Waals surface area contributed by atoms with Crippen molar-refractivity contribution in [3.05, 3.63) is 52.7 Å². The lowest BCUT2D eigenvalue weighted by atomic mass is 10.3. The summed E-state index contributed by atoms with van der Waals surface area (Å²) in [7, 11) is 0. The fraction of sp³-hybridized carbons (Fsp3) is 0.353. The number of amides is 2. The van der Waals surface area contributed by atoms with Crippen LogP contribution < -0.4 is 5.32 Å². The van der Waals surface area contributed by atoms with E-state index in [1.165, 1.54) is 0 Å². The van der Waals surface area contributed by atoms with Crippen LogP contribution in [-0.2, 0) is 0 Å². The number of rotatable bonds is 5. The molecule has 0 spiro atoms. The van der Waals surface area contributed by atoms with Gasteiger partial charge in [0.05, 0.1) is 0 Å². The lowest BCUT2D eigenvalue weighted by Gasteiger charge is -2.34. The van der Waals surface area contributed by atoms with Crippen LogP contribution in [0.5, 0.6) is 0 Å². The molecule has 0 aliphatic carbocycles. The second-order valence-corrected chi connectivity index (χ2v) is 6.49. The van der Waals surface area contributed by atoms with Crippen LogP contribution in [0.3, 0.4) is 0 Å². The van der Waals surface area contributed by atoms with Crippen molar-refractivity contribution in [3.63, 3.8) is 0 Å². The maximum atomic E-state index is 12.3. The van der Waals surface area contributed by atoms with Crippen molar-refractivity contribution in [3.8, 4) is 0 Å². The number of nitrogens with zero attached hydrogens (tertiary/aromatic N) is 3. The van der Waals surface area contributed by atoms with E-state index in [2.05, 4.69) is 31.1 Å². The van der Waals surface area contributed by atoms with Crippen LogP contribution in [0.15, 0.2) is 45.6 Å². The van der Waals surface area contributed by atoms with Gasteiger partial charge < -0.3 is 14.6 Å². The number of aromatic nitrogens is 1. The average Bonchev–Trinajstić information content (AvgIpc) is 3.09. The quantitative estimate of drug-likeness (QED) is 0.815. The lowest BCUT2D eigenvalue weighted by molar-refractivity contribution is 0.0606. The van der Waals surface area contributed by atoms with E-state index >= 15 is 0 Å². The number of furan rings is 1. The molecule has 0 atom stereocenters. The molecule has 1 aliphatic rings. The van der Waals surface area contributed by atoms with Crippen LogP contribution in [0.25, 0.3) is 0 Å². The van der Waals surface area contributed by atoms with Crippen LogP contribution in [-0.4, -0.2) is 65.9 Å². The Morgan fingerprint density at radius 1 is 1.16 bits per heavy atom. The van der Waals surface area contributed by atoms with Gasteiger partial charge in [-0.15, -0.1) is 0 Å². The fourth-order valence-electron chi connectivity index (χ4n) is 2.67. The normalized spacial score (nSPS) is 15.2. The van der Waals surface area contributed by atoms with Crippen molar-refractivity contribution in [2.45, 2.75) is 0 Å². The van der Waals surface area contributed by atoms with Crippen molar-refractivity contribution < 1.29 is 14.0 Å². The molecule has 0 saturated carbocycles. The van der Waals surface area contributed by atoms with E-state index in [0.29, 0.717) is 35.8 Å². The summed E-state index contributed by atoms with van der Waals surface area (Å²) in [6.07, 6.45) is 1.60. The summed E-state index contributed by atoms with van der Waals surface area (Å²) in [5.41, 5.74) is 0.419. The number of carbonyl (C=O) groups excluding carboxylic acids is 2. The van der Waals surface area contributed by atoms with Gasteiger partial charge in [-0.25, -0.2) is 0 Å². The van der Waals surface area contributed by atoms with E-state index in [1.807, 2.05) is 0 Å². The molecule has 132 valence electrons. The molecule has 2 aromatic rings. The largest absolute Gasteiger partial charge is 0.444 e. The predicted molar refractivity (Wildman–Crippen MR) is 95.3 cm³/mol. The molecule has 8 heteroatoms. The summed E-state index contributed by atoms with van der Waals surface area (Å²) in [5.74, 6) is 0.0922. The first-order chi connectivity index (χ1) is 12.1. The first kappa shape index (κ1) is 17.6. The SMILES string of the molecule is O=C(NCCN1CCN(C(=O)c2ccc(Br)o2)CC1)c1ccccn1. The number of carbonyl (C=O) groups is 2. The van der Waals surface area contributed by atoms with Gasteiger partial charge in [0.25, 0.3) is 11.8 Å². The standard InChI is InChI=1S/C17H19BrN4O3/c18-15-5-4-14(25-15)17(24)22-11-9-21(10-12-22)8-7-20-16(23)13-3-1-2-6-19-13/h1-6H,7-12H2,(H,20,23). The summed E-state index contributed by atoms with van der Waals surface area (Å²) in [6, 6.07) is 8.64. The number of hydrogen-bond acceptors (Lipinski definition) is 5. The Kier molecular flexibility index (Phi) is 5.83. The highest BCUT2D eigenvalue weighted by Crippen LogP contribution is 2.16. The third kappa shape index (κ3) is 4.67. The zero-order chi connectivity index (χ0) is 17.6. The Balaban J connectivity index is 1.39. The monoisotopic (exact) mass is 406 g/mol. The van der Waals surface area contributed by atoms with E-state index in [0.717, 1.165) is 19.6 Å². The molecule has 3 heterocycles. The van der Waals surface area contributed by atoms with Crippen molar-refractivity contribution in [2.24, 2.45) is 0 Å². The number of piperazine rings is 1. The fourth-order valence-corrected chi connectivity index (χ4v) is 2.98. The van der Waals surface area contributed by atoms with Gasteiger partial charge in [0.2, 0.25) is 0 Å². The number of hydrogen-bond donors (Lipinski definition) is 1. The summed E-state index contributed by atoms with van der Waals surface area (Å²) in [6.45, 7) is 4.12. The Bertz CT molecular complexity index is 727.